The van der Waals surface area contributed by atoms with E-state index < -0.39 is 0 Å². The molecule has 0 aliphatic heterocycles. The maximum Gasteiger partial charge on any atom is 0.182 e. The minimum atomic E-state index is -0.264. The zero-order valence-electron chi connectivity index (χ0n) is 13.8. The molecule has 1 aromatic carbocycles. The Kier molecular flexibility index (Phi) is 3.64. The Labute approximate surface area is 143 Å². The van der Waals surface area contributed by atoms with Crippen LogP contribution in [-0.4, -0.2) is 29.7 Å². The first-order valence-electron chi connectivity index (χ1n) is 7.82. The van der Waals surface area contributed by atoms with E-state index in [4.69, 9.17) is 0 Å². The summed E-state index contributed by atoms with van der Waals surface area (Å²) in [5.74, 6) is 0.426. The number of nitrogens with zero attached hydrogens (tertiary/aromatic N) is 5. The lowest BCUT2D eigenvalue weighted by Crippen LogP contribution is -2.05. The Morgan fingerprint density at radius 2 is 1.92 bits per heavy atom. The van der Waals surface area contributed by atoms with E-state index >= 15 is 0 Å². The average Bonchev–Trinajstić information content (AvgIpc) is 3.19. The van der Waals surface area contributed by atoms with E-state index in [-0.39, 0.29) is 5.82 Å². The molecule has 0 fully saturated rings. The van der Waals surface area contributed by atoms with Crippen molar-refractivity contribution in [1.29, 1.82) is 0 Å². The van der Waals surface area contributed by atoms with Gasteiger partial charge in [-0.25, -0.2) is 24.0 Å². The summed E-state index contributed by atoms with van der Waals surface area (Å²) >= 11 is 0. The van der Waals surface area contributed by atoms with Crippen molar-refractivity contribution in [3.63, 3.8) is 0 Å². The molecular weight excluding hydrogens is 321 g/mol. The fourth-order valence-electron chi connectivity index (χ4n) is 2.84. The number of halogens is 1. The molecule has 126 valence electrons. The van der Waals surface area contributed by atoms with Gasteiger partial charge in [0.05, 0.1) is 17.7 Å². The van der Waals surface area contributed by atoms with Crippen molar-refractivity contribution in [2.45, 2.75) is 20.4 Å². The van der Waals surface area contributed by atoms with Gasteiger partial charge in [-0.15, -0.1) is 0 Å². The van der Waals surface area contributed by atoms with Crippen molar-refractivity contribution < 1.29 is 4.39 Å². The zero-order valence-corrected chi connectivity index (χ0v) is 13.8. The molecule has 0 saturated carbocycles. The number of aryl methyl sites for hydroxylation is 1. The summed E-state index contributed by atoms with van der Waals surface area (Å²) in [6.07, 6.45) is 3.07. The zero-order chi connectivity index (χ0) is 17.4. The number of hydrogen-bond donors (Lipinski definition) is 2. The Bertz CT molecular complexity index is 1030. The van der Waals surface area contributed by atoms with Crippen molar-refractivity contribution in [1.82, 2.24) is 29.7 Å². The molecule has 0 aliphatic carbocycles. The van der Waals surface area contributed by atoms with Gasteiger partial charge in [0.1, 0.15) is 17.7 Å². The molecule has 0 radical (unpaired) electrons. The fourth-order valence-corrected chi connectivity index (χ4v) is 2.84. The van der Waals surface area contributed by atoms with E-state index in [1.54, 1.807) is 18.5 Å². The highest BCUT2D eigenvalue weighted by Crippen LogP contribution is 2.21. The van der Waals surface area contributed by atoms with Crippen LogP contribution in [0.25, 0.3) is 16.9 Å². The molecule has 0 saturated heterocycles. The molecule has 4 rings (SSSR count). The molecule has 2 N–H and O–H groups in total. The molecule has 0 amide bonds. The second kappa shape index (κ2) is 5.97. The van der Waals surface area contributed by atoms with Gasteiger partial charge in [-0.05, 0) is 38.1 Å². The first-order chi connectivity index (χ1) is 12.1. The maximum atomic E-state index is 13.1. The van der Waals surface area contributed by atoms with Crippen LogP contribution in [0.4, 0.5) is 10.2 Å². The molecule has 7 nitrogen and oxygen atoms in total. The monoisotopic (exact) mass is 337 g/mol. The van der Waals surface area contributed by atoms with Gasteiger partial charge >= 0.3 is 0 Å². The number of benzene rings is 1. The normalized spacial score (nSPS) is 11.2. The number of nitrogens with one attached hydrogen (secondary N) is 2. The van der Waals surface area contributed by atoms with Crippen LogP contribution in [-0.2, 0) is 6.54 Å². The summed E-state index contributed by atoms with van der Waals surface area (Å²) in [5.41, 5.74) is 5.18. The standard InChI is InChI=1S/C17H16FN7/c1-10-14(7-19-16-15-17(21-8-20-15)23-9-22-16)11(2)25(24-10)13-5-3-12(18)4-6-13/h3-6,8-9H,7H2,1-2H3,(H2,19,20,21,22,23). The SMILES string of the molecule is Cc1nn(-c2ccc(F)cc2)c(C)c1CNc1ncnc2nc[nH]c12. The first kappa shape index (κ1) is 15.3. The lowest BCUT2D eigenvalue weighted by atomic mass is 10.2. The van der Waals surface area contributed by atoms with E-state index in [9.17, 15) is 4.39 Å². The molecule has 0 spiro atoms. The number of H-pyrrole nitrogens is 1. The molecular formula is C17H16FN7. The number of aromatic nitrogens is 6. The summed E-state index contributed by atoms with van der Waals surface area (Å²) in [4.78, 5) is 15.5. The third-order valence-corrected chi connectivity index (χ3v) is 4.17. The predicted octanol–water partition coefficient (Wildman–Crippen LogP) is 2.91. The van der Waals surface area contributed by atoms with Crippen molar-refractivity contribution in [2.24, 2.45) is 0 Å². The predicted molar refractivity (Wildman–Crippen MR) is 92.0 cm³/mol. The molecule has 3 aromatic heterocycles. The molecule has 0 aliphatic rings. The van der Waals surface area contributed by atoms with Crippen molar-refractivity contribution in [3.05, 3.63) is 59.7 Å². The van der Waals surface area contributed by atoms with E-state index in [1.165, 1.54) is 18.5 Å². The quantitative estimate of drug-likeness (QED) is 0.598. The highest BCUT2D eigenvalue weighted by molar-refractivity contribution is 5.81. The maximum absolute atomic E-state index is 13.1. The van der Waals surface area contributed by atoms with Crippen LogP contribution >= 0.6 is 0 Å². The smallest absolute Gasteiger partial charge is 0.182 e. The van der Waals surface area contributed by atoms with Gasteiger partial charge in [0.15, 0.2) is 11.5 Å². The molecule has 25 heavy (non-hydrogen) atoms. The molecule has 0 bridgehead atoms. The summed E-state index contributed by atoms with van der Waals surface area (Å²) < 4.78 is 15.0. The van der Waals surface area contributed by atoms with Crippen molar-refractivity contribution in [2.75, 3.05) is 5.32 Å². The number of rotatable bonds is 4. The number of fused-ring (bicyclic) bond motifs is 1. The Morgan fingerprint density at radius 1 is 1.12 bits per heavy atom. The second-order valence-corrected chi connectivity index (χ2v) is 5.71. The van der Waals surface area contributed by atoms with Gasteiger partial charge < -0.3 is 10.3 Å². The third kappa shape index (κ3) is 2.71. The minimum Gasteiger partial charge on any atom is -0.364 e. The van der Waals surface area contributed by atoms with Gasteiger partial charge in [0.25, 0.3) is 0 Å². The lowest BCUT2D eigenvalue weighted by Gasteiger charge is -2.08. The summed E-state index contributed by atoms with van der Waals surface area (Å²) in [6.45, 7) is 4.51. The van der Waals surface area contributed by atoms with Gasteiger partial charge in [-0.2, -0.15) is 5.10 Å². The lowest BCUT2D eigenvalue weighted by molar-refractivity contribution is 0.627. The summed E-state index contributed by atoms with van der Waals surface area (Å²) in [7, 11) is 0. The van der Waals surface area contributed by atoms with Crippen LogP contribution in [0, 0.1) is 19.7 Å². The number of hydrogen-bond acceptors (Lipinski definition) is 5. The van der Waals surface area contributed by atoms with Crippen LogP contribution < -0.4 is 5.32 Å². The van der Waals surface area contributed by atoms with Crippen LogP contribution in [0.2, 0.25) is 0 Å². The van der Waals surface area contributed by atoms with E-state index in [2.05, 4.69) is 30.4 Å². The van der Waals surface area contributed by atoms with Gasteiger partial charge in [0.2, 0.25) is 0 Å². The fraction of sp³-hybridized carbons (Fsp3) is 0.176. The average molecular weight is 337 g/mol. The Hall–Kier alpha value is -3.29. The highest BCUT2D eigenvalue weighted by atomic mass is 19.1. The van der Waals surface area contributed by atoms with Gasteiger partial charge in [-0.3, -0.25) is 0 Å². The van der Waals surface area contributed by atoms with Crippen molar-refractivity contribution >= 4 is 17.0 Å². The van der Waals surface area contributed by atoms with Crippen LogP contribution in [0.1, 0.15) is 17.0 Å². The van der Waals surface area contributed by atoms with Crippen LogP contribution in [0.5, 0.6) is 0 Å². The third-order valence-electron chi connectivity index (χ3n) is 4.17. The van der Waals surface area contributed by atoms with Gasteiger partial charge in [-0.1, -0.05) is 0 Å². The molecule has 4 aromatic rings. The first-order valence-corrected chi connectivity index (χ1v) is 7.82. The molecule has 3 heterocycles. The minimum absolute atomic E-state index is 0.264. The molecule has 0 atom stereocenters. The van der Waals surface area contributed by atoms with E-state index in [1.807, 2.05) is 18.5 Å². The molecule has 0 unspecified atom stereocenters. The number of aromatic amines is 1. The Morgan fingerprint density at radius 3 is 2.72 bits per heavy atom. The van der Waals surface area contributed by atoms with Crippen LogP contribution in [0.3, 0.4) is 0 Å². The summed E-state index contributed by atoms with van der Waals surface area (Å²) in [6, 6.07) is 6.29. The highest BCUT2D eigenvalue weighted by Gasteiger charge is 2.14. The van der Waals surface area contributed by atoms with E-state index in [0.29, 0.717) is 18.0 Å². The van der Waals surface area contributed by atoms with Crippen molar-refractivity contribution in [3.8, 4) is 5.69 Å². The largest absolute Gasteiger partial charge is 0.364 e. The van der Waals surface area contributed by atoms with Gasteiger partial charge in [0, 0.05) is 17.8 Å². The van der Waals surface area contributed by atoms with Crippen LogP contribution in [0.15, 0.2) is 36.9 Å². The topological polar surface area (TPSA) is 84.3 Å². The second-order valence-electron chi connectivity index (χ2n) is 5.71. The van der Waals surface area contributed by atoms with E-state index in [0.717, 1.165) is 28.2 Å². The molecule has 8 heteroatoms. The number of anilines is 1. The summed E-state index contributed by atoms with van der Waals surface area (Å²) in [5, 5.41) is 7.89. The Balaban J connectivity index is 1.63. The number of imidazole rings is 1.